The molecule has 0 saturated carbocycles. The smallest absolute Gasteiger partial charge is 0.407 e. The maximum absolute atomic E-state index is 12.2. The predicted octanol–water partition coefficient (Wildman–Crippen LogP) is 5.19. The van der Waals surface area contributed by atoms with E-state index in [0.29, 0.717) is 0 Å². The summed E-state index contributed by atoms with van der Waals surface area (Å²) < 4.78 is 6.32. The second kappa shape index (κ2) is 7.45. The van der Waals surface area contributed by atoms with Crippen LogP contribution in [-0.4, -0.2) is 17.8 Å². The fourth-order valence-corrected chi connectivity index (χ4v) is 3.90. The summed E-state index contributed by atoms with van der Waals surface area (Å²) in [4.78, 5) is 12.2. The van der Waals surface area contributed by atoms with E-state index in [1.807, 2.05) is 24.3 Å². The summed E-state index contributed by atoms with van der Waals surface area (Å²) in [5.41, 5.74) is 5.55. The molecule has 1 amide bonds. The maximum atomic E-state index is 12.2. The monoisotopic (exact) mass is 423 g/mol. The number of hydrogen-bond donors (Lipinski definition) is 2. The van der Waals surface area contributed by atoms with Crippen molar-refractivity contribution in [2.75, 3.05) is 6.61 Å². The first-order valence-corrected chi connectivity index (χ1v) is 9.49. The maximum Gasteiger partial charge on any atom is 0.407 e. The largest absolute Gasteiger partial charge is 0.508 e. The number of benzene rings is 3. The molecule has 3 aromatic rings. The number of amides is 1. The van der Waals surface area contributed by atoms with Gasteiger partial charge in [0.25, 0.3) is 0 Å². The topological polar surface area (TPSA) is 58.6 Å². The summed E-state index contributed by atoms with van der Waals surface area (Å²) in [7, 11) is 0. The summed E-state index contributed by atoms with van der Waals surface area (Å²) in [5, 5.41) is 12.3. The Bertz CT molecular complexity index is 957. The van der Waals surface area contributed by atoms with Crippen LogP contribution in [0.1, 0.15) is 22.6 Å². The highest BCUT2D eigenvalue weighted by molar-refractivity contribution is 9.10. The van der Waals surface area contributed by atoms with Crippen molar-refractivity contribution in [1.82, 2.24) is 5.32 Å². The molecule has 136 valence electrons. The van der Waals surface area contributed by atoms with Gasteiger partial charge in [-0.3, -0.25) is 0 Å². The molecule has 2 N–H and O–H groups in total. The first-order chi connectivity index (χ1) is 13.1. The fraction of sp³-hybridized carbons (Fsp3) is 0.136. The number of nitrogens with one attached hydrogen (secondary N) is 1. The molecule has 0 saturated heterocycles. The van der Waals surface area contributed by atoms with Gasteiger partial charge in [0.05, 0.1) is 0 Å². The zero-order valence-corrected chi connectivity index (χ0v) is 16.1. The average Bonchev–Trinajstić information content (AvgIpc) is 3.01. The summed E-state index contributed by atoms with van der Waals surface area (Å²) in [6.07, 6.45) is -0.480. The molecule has 0 radical (unpaired) electrons. The lowest BCUT2D eigenvalue weighted by Gasteiger charge is -2.15. The lowest BCUT2D eigenvalue weighted by atomic mass is 9.98. The molecule has 4 nitrogen and oxygen atoms in total. The summed E-state index contributed by atoms with van der Waals surface area (Å²) in [6, 6.07) is 21.4. The number of phenols is 1. The molecule has 0 atom stereocenters. The molecule has 0 bridgehead atoms. The van der Waals surface area contributed by atoms with Crippen LogP contribution in [0.5, 0.6) is 5.75 Å². The summed E-state index contributed by atoms with van der Waals surface area (Å²) in [5.74, 6) is 0.193. The number of rotatable bonds is 4. The third-order valence-electron chi connectivity index (χ3n) is 4.80. The van der Waals surface area contributed by atoms with Crippen LogP contribution < -0.4 is 5.32 Å². The molecular formula is C22H18BrNO3. The SMILES string of the molecule is O=C(NCc1cc(O)ccc1Br)OCC1c2ccccc2-c2ccccc21. The van der Waals surface area contributed by atoms with Crippen LogP contribution in [0.15, 0.2) is 71.2 Å². The van der Waals surface area contributed by atoms with Crippen molar-refractivity contribution >= 4 is 22.0 Å². The third kappa shape index (κ3) is 3.55. The Morgan fingerprint density at radius 1 is 1.00 bits per heavy atom. The second-order valence-corrected chi connectivity index (χ2v) is 7.31. The zero-order valence-electron chi connectivity index (χ0n) is 14.5. The Hall–Kier alpha value is -2.79. The molecule has 5 heteroatoms. The molecule has 0 aromatic heterocycles. The Balaban J connectivity index is 1.43. The number of hydrogen-bond acceptors (Lipinski definition) is 3. The average molecular weight is 424 g/mol. The molecule has 27 heavy (non-hydrogen) atoms. The Morgan fingerprint density at radius 3 is 2.30 bits per heavy atom. The number of carbonyl (C=O) groups is 1. The van der Waals surface area contributed by atoms with Gasteiger partial charge in [-0.05, 0) is 46.0 Å². The van der Waals surface area contributed by atoms with E-state index >= 15 is 0 Å². The van der Waals surface area contributed by atoms with E-state index in [-0.39, 0.29) is 24.8 Å². The number of carbonyl (C=O) groups excluding carboxylic acids is 1. The van der Waals surface area contributed by atoms with Gasteiger partial charge in [-0.1, -0.05) is 64.5 Å². The van der Waals surface area contributed by atoms with Crippen LogP contribution in [0.3, 0.4) is 0 Å². The summed E-state index contributed by atoms with van der Waals surface area (Å²) >= 11 is 3.41. The molecule has 0 unspecified atom stereocenters. The molecule has 0 fully saturated rings. The number of aromatic hydroxyl groups is 1. The lowest BCUT2D eigenvalue weighted by molar-refractivity contribution is 0.142. The molecule has 0 aliphatic heterocycles. The lowest BCUT2D eigenvalue weighted by Crippen LogP contribution is -2.25. The molecule has 0 heterocycles. The van der Waals surface area contributed by atoms with Crippen LogP contribution in [0.4, 0.5) is 4.79 Å². The van der Waals surface area contributed by atoms with Gasteiger partial charge < -0.3 is 15.2 Å². The number of phenolic OH excluding ortho intramolecular Hbond substituents is 1. The van der Waals surface area contributed by atoms with Crippen molar-refractivity contribution in [3.8, 4) is 16.9 Å². The van der Waals surface area contributed by atoms with Crippen LogP contribution in [0, 0.1) is 0 Å². The van der Waals surface area contributed by atoms with Crippen molar-refractivity contribution in [3.05, 3.63) is 87.9 Å². The minimum absolute atomic E-state index is 0.0376. The fourth-order valence-electron chi connectivity index (χ4n) is 3.51. The van der Waals surface area contributed by atoms with E-state index in [9.17, 15) is 9.90 Å². The van der Waals surface area contributed by atoms with Gasteiger partial charge in [0.2, 0.25) is 0 Å². The van der Waals surface area contributed by atoms with Gasteiger partial charge in [0.15, 0.2) is 0 Å². The zero-order chi connectivity index (χ0) is 18.8. The molecular weight excluding hydrogens is 406 g/mol. The second-order valence-electron chi connectivity index (χ2n) is 6.45. The molecule has 0 spiro atoms. The highest BCUT2D eigenvalue weighted by Gasteiger charge is 2.28. The molecule has 1 aliphatic carbocycles. The number of halogens is 1. The number of alkyl carbamates (subject to hydrolysis) is 1. The quantitative estimate of drug-likeness (QED) is 0.606. The molecule has 4 rings (SSSR count). The van der Waals surface area contributed by atoms with Crippen molar-refractivity contribution in [3.63, 3.8) is 0 Å². The van der Waals surface area contributed by atoms with Crippen LogP contribution in [0.2, 0.25) is 0 Å². The van der Waals surface area contributed by atoms with E-state index in [1.165, 1.54) is 22.3 Å². The van der Waals surface area contributed by atoms with Crippen LogP contribution in [0.25, 0.3) is 11.1 Å². The first-order valence-electron chi connectivity index (χ1n) is 8.69. The standard InChI is InChI=1S/C22H18BrNO3/c23-21-10-9-15(25)11-14(21)12-24-22(26)27-13-20-18-7-3-1-5-16(18)17-6-2-4-8-19(17)20/h1-11,20,25H,12-13H2,(H,24,26). The van der Waals surface area contributed by atoms with Gasteiger partial charge in [-0.2, -0.15) is 0 Å². The van der Waals surface area contributed by atoms with E-state index in [4.69, 9.17) is 4.74 Å². The molecule has 3 aromatic carbocycles. The normalized spacial score (nSPS) is 12.3. The predicted molar refractivity (Wildman–Crippen MR) is 108 cm³/mol. The Labute approximate surface area is 165 Å². The van der Waals surface area contributed by atoms with Crippen molar-refractivity contribution in [2.24, 2.45) is 0 Å². The highest BCUT2D eigenvalue weighted by atomic mass is 79.9. The number of ether oxygens (including phenoxy) is 1. The van der Waals surface area contributed by atoms with Gasteiger partial charge >= 0.3 is 6.09 Å². The highest BCUT2D eigenvalue weighted by Crippen LogP contribution is 2.44. The Morgan fingerprint density at radius 2 is 1.63 bits per heavy atom. The van der Waals surface area contributed by atoms with Gasteiger partial charge in [-0.25, -0.2) is 4.79 Å². The first kappa shape index (κ1) is 17.6. The van der Waals surface area contributed by atoms with E-state index in [0.717, 1.165) is 10.0 Å². The minimum Gasteiger partial charge on any atom is -0.508 e. The van der Waals surface area contributed by atoms with Gasteiger partial charge in [0.1, 0.15) is 12.4 Å². The van der Waals surface area contributed by atoms with E-state index < -0.39 is 6.09 Å². The van der Waals surface area contributed by atoms with E-state index in [2.05, 4.69) is 45.5 Å². The van der Waals surface area contributed by atoms with Crippen molar-refractivity contribution in [1.29, 1.82) is 0 Å². The molecule has 1 aliphatic rings. The van der Waals surface area contributed by atoms with Crippen molar-refractivity contribution in [2.45, 2.75) is 12.5 Å². The van der Waals surface area contributed by atoms with Crippen LogP contribution in [-0.2, 0) is 11.3 Å². The third-order valence-corrected chi connectivity index (χ3v) is 5.57. The minimum atomic E-state index is -0.480. The van der Waals surface area contributed by atoms with Crippen molar-refractivity contribution < 1.29 is 14.6 Å². The van der Waals surface area contributed by atoms with Gasteiger partial charge in [-0.15, -0.1) is 0 Å². The van der Waals surface area contributed by atoms with E-state index in [1.54, 1.807) is 18.2 Å². The number of fused-ring (bicyclic) bond motifs is 3. The van der Waals surface area contributed by atoms with Crippen LogP contribution >= 0.6 is 15.9 Å². The summed E-state index contributed by atoms with van der Waals surface area (Å²) in [6.45, 7) is 0.548. The van der Waals surface area contributed by atoms with Gasteiger partial charge in [0, 0.05) is 16.9 Å². The Kier molecular flexibility index (Phi) is 4.86.